The van der Waals surface area contributed by atoms with Crippen molar-refractivity contribution in [3.05, 3.63) is 16.4 Å². The molecule has 88 valence electrons. The number of piperidine rings is 1. The van der Waals surface area contributed by atoms with Gasteiger partial charge in [0.2, 0.25) is 0 Å². The van der Waals surface area contributed by atoms with Crippen LogP contribution in [-0.4, -0.2) is 45.9 Å². The maximum atomic E-state index is 10.9. The predicted octanol–water partition coefficient (Wildman–Crippen LogP) is 1.61. The Morgan fingerprint density at radius 1 is 1.56 bits per heavy atom. The van der Waals surface area contributed by atoms with Gasteiger partial charge in [0.1, 0.15) is 10.2 Å². The zero-order valence-corrected chi connectivity index (χ0v) is 10.6. The zero-order valence-electron chi connectivity index (χ0n) is 9.06. The highest BCUT2D eigenvalue weighted by molar-refractivity contribution is 9.10. The normalized spacial score (nSPS) is 18.9. The molecule has 0 bridgehead atoms. The molecule has 1 N–H and O–H groups in total. The van der Waals surface area contributed by atoms with Crippen LogP contribution in [0.25, 0.3) is 0 Å². The number of aromatic nitrogens is 2. The molecule has 0 atom stereocenters. The lowest BCUT2D eigenvalue weighted by Gasteiger charge is -2.29. The van der Waals surface area contributed by atoms with E-state index in [1.807, 2.05) is 0 Å². The van der Waals surface area contributed by atoms with Crippen molar-refractivity contribution in [2.24, 2.45) is 0 Å². The van der Waals surface area contributed by atoms with E-state index in [1.165, 1.54) is 6.20 Å². The molecule has 1 fully saturated rings. The highest BCUT2D eigenvalue weighted by Crippen LogP contribution is 2.27. The number of hydrogen-bond acceptors (Lipinski definition) is 3. The Bertz CT molecular complexity index is 397. The Morgan fingerprint density at radius 2 is 2.19 bits per heavy atom. The number of rotatable bonds is 2. The minimum atomic E-state index is -0.939. The molecule has 16 heavy (non-hydrogen) atoms. The summed E-state index contributed by atoms with van der Waals surface area (Å²) in [6.07, 6.45) is 3.43. The molecule has 1 saturated heterocycles. The quantitative estimate of drug-likeness (QED) is 0.898. The monoisotopic (exact) mass is 287 g/mol. The molecule has 1 aliphatic heterocycles. The van der Waals surface area contributed by atoms with Crippen LogP contribution >= 0.6 is 15.9 Å². The molecular formula is C10H14BrN3O2. The lowest BCUT2D eigenvalue weighted by atomic mass is 10.1. The van der Waals surface area contributed by atoms with Crippen LogP contribution in [0.4, 0.5) is 0 Å². The first-order valence-corrected chi connectivity index (χ1v) is 6.03. The van der Waals surface area contributed by atoms with E-state index >= 15 is 0 Å². The van der Waals surface area contributed by atoms with E-state index in [4.69, 9.17) is 5.11 Å². The van der Waals surface area contributed by atoms with Crippen LogP contribution in [0.15, 0.2) is 10.8 Å². The molecule has 1 aromatic rings. The van der Waals surface area contributed by atoms with Crippen molar-refractivity contribution >= 4 is 21.9 Å². The summed E-state index contributed by atoms with van der Waals surface area (Å²) in [4.78, 5) is 13.1. The SMILES string of the molecule is CN1CCC(n2ncc(C(=O)O)c2Br)CC1. The Balaban J connectivity index is 2.18. The molecule has 0 aromatic carbocycles. The fourth-order valence-electron chi connectivity index (χ4n) is 1.98. The largest absolute Gasteiger partial charge is 0.478 e. The molecule has 0 unspecified atom stereocenters. The summed E-state index contributed by atoms with van der Waals surface area (Å²) in [6, 6.07) is 0.304. The molecule has 0 amide bonds. The van der Waals surface area contributed by atoms with E-state index in [0.29, 0.717) is 10.6 Å². The van der Waals surface area contributed by atoms with E-state index < -0.39 is 5.97 Å². The summed E-state index contributed by atoms with van der Waals surface area (Å²) < 4.78 is 2.37. The van der Waals surface area contributed by atoms with E-state index in [1.54, 1.807) is 4.68 Å². The number of carboxylic acid groups (broad SMARTS) is 1. The van der Waals surface area contributed by atoms with Gasteiger partial charge in [0.25, 0.3) is 0 Å². The minimum Gasteiger partial charge on any atom is -0.478 e. The second kappa shape index (κ2) is 4.55. The Labute approximate surface area is 102 Å². The van der Waals surface area contributed by atoms with Crippen LogP contribution in [-0.2, 0) is 0 Å². The molecule has 6 heteroatoms. The Kier molecular flexibility index (Phi) is 3.30. The second-order valence-electron chi connectivity index (χ2n) is 4.13. The predicted molar refractivity (Wildman–Crippen MR) is 62.7 cm³/mol. The van der Waals surface area contributed by atoms with Crippen LogP contribution in [0.3, 0.4) is 0 Å². The van der Waals surface area contributed by atoms with Gasteiger partial charge in [0.05, 0.1) is 12.2 Å². The summed E-state index contributed by atoms with van der Waals surface area (Å²) in [7, 11) is 2.09. The van der Waals surface area contributed by atoms with Crippen molar-refractivity contribution in [3.63, 3.8) is 0 Å². The Hall–Kier alpha value is -0.880. The van der Waals surface area contributed by atoms with Crippen LogP contribution in [0.1, 0.15) is 29.2 Å². The number of likely N-dealkylation sites (tertiary alicyclic amines) is 1. The topological polar surface area (TPSA) is 58.4 Å². The molecule has 2 heterocycles. The Morgan fingerprint density at radius 3 is 2.69 bits per heavy atom. The van der Waals surface area contributed by atoms with Gasteiger partial charge in [-0.2, -0.15) is 5.10 Å². The molecule has 0 spiro atoms. The van der Waals surface area contributed by atoms with Gasteiger partial charge in [-0.3, -0.25) is 4.68 Å². The number of carbonyl (C=O) groups is 1. The second-order valence-corrected chi connectivity index (χ2v) is 4.88. The van der Waals surface area contributed by atoms with Gasteiger partial charge in [-0.05, 0) is 48.9 Å². The van der Waals surface area contributed by atoms with Gasteiger partial charge in [-0.1, -0.05) is 0 Å². The summed E-state index contributed by atoms with van der Waals surface area (Å²) in [5, 5.41) is 13.1. The van der Waals surface area contributed by atoms with Crippen molar-refractivity contribution in [1.29, 1.82) is 0 Å². The smallest absolute Gasteiger partial charge is 0.340 e. The highest BCUT2D eigenvalue weighted by Gasteiger charge is 2.23. The molecule has 0 saturated carbocycles. The van der Waals surface area contributed by atoms with Crippen molar-refractivity contribution in [1.82, 2.24) is 14.7 Å². The average molecular weight is 288 g/mol. The summed E-state index contributed by atoms with van der Waals surface area (Å²) in [6.45, 7) is 2.05. The number of halogens is 1. The first-order valence-electron chi connectivity index (χ1n) is 5.24. The van der Waals surface area contributed by atoms with Gasteiger partial charge < -0.3 is 10.0 Å². The molecule has 1 aliphatic rings. The standard InChI is InChI=1S/C10H14BrN3O2/c1-13-4-2-7(3-5-13)14-9(11)8(6-12-14)10(15)16/h6-7H,2-5H2,1H3,(H,15,16). The maximum Gasteiger partial charge on any atom is 0.340 e. The third kappa shape index (κ3) is 2.12. The van der Waals surface area contributed by atoms with Gasteiger partial charge in [-0.25, -0.2) is 4.79 Å². The number of aromatic carboxylic acids is 1. The fraction of sp³-hybridized carbons (Fsp3) is 0.600. The average Bonchev–Trinajstić information content (AvgIpc) is 2.61. The van der Waals surface area contributed by atoms with Crippen LogP contribution in [0.5, 0.6) is 0 Å². The van der Waals surface area contributed by atoms with Crippen LogP contribution in [0.2, 0.25) is 0 Å². The number of hydrogen-bond donors (Lipinski definition) is 1. The van der Waals surface area contributed by atoms with Gasteiger partial charge in [0, 0.05) is 0 Å². The lowest BCUT2D eigenvalue weighted by molar-refractivity contribution is 0.0695. The summed E-state index contributed by atoms with van der Waals surface area (Å²) in [5.74, 6) is -0.939. The molecule has 5 nitrogen and oxygen atoms in total. The maximum absolute atomic E-state index is 10.9. The number of carboxylic acids is 1. The van der Waals surface area contributed by atoms with Crippen LogP contribution in [0, 0.1) is 0 Å². The van der Waals surface area contributed by atoms with Crippen molar-refractivity contribution in [3.8, 4) is 0 Å². The first-order chi connectivity index (χ1) is 7.59. The van der Waals surface area contributed by atoms with Gasteiger partial charge in [0.15, 0.2) is 0 Å². The number of nitrogens with zero attached hydrogens (tertiary/aromatic N) is 3. The van der Waals surface area contributed by atoms with E-state index in [9.17, 15) is 4.79 Å². The van der Waals surface area contributed by atoms with E-state index in [2.05, 4.69) is 33.0 Å². The minimum absolute atomic E-state index is 0.235. The summed E-state index contributed by atoms with van der Waals surface area (Å²) in [5.41, 5.74) is 0.235. The highest BCUT2D eigenvalue weighted by atomic mass is 79.9. The van der Waals surface area contributed by atoms with E-state index in [0.717, 1.165) is 25.9 Å². The molecular weight excluding hydrogens is 274 g/mol. The molecule has 0 aliphatic carbocycles. The van der Waals surface area contributed by atoms with Gasteiger partial charge in [-0.15, -0.1) is 0 Å². The van der Waals surface area contributed by atoms with E-state index in [-0.39, 0.29) is 5.56 Å². The van der Waals surface area contributed by atoms with Crippen molar-refractivity contribution < 1.29 is 9.90 Å². The van der Waals surface area contributed by atoms with Gasteiger partial charge >= 0.3 is 5.97 Å². The van der Waals surface area contributed by atoms with Crippen LogP contribution < -0.4 is 0 Å². The molecule has 1 aromatic heterocycles. The van der Waals surface area contributed by atoms with Crippen molar-refractivity contribution in [2.45, 2.75) is 18.9 Å². The lowest BCUT2D eigenvalue weighted by Crippen LogP contribution is -2.32. The zero-order chi connectivity index (χ0) is 11.7. The molecule has 2 rings (SSSR count). The fourth-order valence-corrected chi connectivity index (χ4v) is 2.64. The first kappa shape index (κ1) is 11.6. The third-order valence-corrected chi connectivity index (χ3v) is 3.79. The van der Waals surface area contributed by atoms with Crippen molar-refractivity contribution in [2.75, 3.05) is 20.1 Å². The molecule has 0 radical (unpaired) electrons. The third-order valence-electron chi connectivity index (χ3n) is 3.00. The summed E-state index contributed by atoms with van der Waals surface area (Å²) >= 11 is 3.31.